The molecule has 5 heteroatoms. The number of hydrogen-bond acceptors (Lipinski definition) is 3. The number of anilines is 1. The predicted molar refractivity (Wildman–Crippen MR) is 51.1 cm³/mol. The van der Waals surface area contributed by atoms with Crippen LogP contribution in [0, 0.1) is 0 Å². The fourth-order valence-electron chi connectivity index (χ4n) is 0.877. The lowest BCUT2D eigenvalue weighted by atomic mass is 10.1. The Hall–Kier alpha value is -0.840. The Bertz CT molecular complexity index is 345. The standard InChI is InChI=1S/C7H10BrN3O/c1-3(2)5-4(8)6(12)11-7(9)10-5/h3H,1-2H3,(H3,9,10,11,12). The van der Waals surface area contributed by atoms with Crippen molar-refractivity contribution in [2.45, 2.75) is 19.8 Å². The summed E-state index contributed by atoms with van der Waals surface area (Å²) in [4.78, 5) is 17.5. The number of nitrogens with one attached hydrogen (secondary N) is 1. The molecule has 12 heavy (non-hydrogen) atoms. The molecule has 0 unspecified atom stereocenters. The van der Waals surface area contributed by atoms with Gasteiger partial charge in [0.15, 0.2) is 0 Å². The normalized spacial score (nSPS) is 10.7. The number of rotatable bonds is 1. The van der Waals surface area contributed by atoms with Gasteiger partial charge in [0.25, 0.3) is 5.56 Å². The van der Waals surface area contributed by atoms with Crippen molar-refractivity contribution in [3.8, 4) is 0 Å². The summed E-state index contributed by atoms with van der Waals surface area (Å²) in [5.41, 5.74) is 5.84. The van der Waals surface area contributed by atoms with Gasteiger partial charge in [0.2, 0.25) is 5.95 Å². The van der Waals surface area contributed by atoms with Gasteiger partial charge in [-0.3, -0.25) is 9.78 Å². The molecule has 0 aliphatic rings. The molecule has 0 radical (unpaired) electrons. The van der Waals surface area contributed by atoms with E-state index in [-0.39, 0.29) is 17.4 Å². The van der Waals surface area contributed by atoms with Crippen LogP contribution in [0.5, 0.6) is 0 Å². The third kappa shape index (κ3) is 1.66. The van der Waals surface area contributed by atoms with Gasteiger partial charge in [-0.2, -0.15) is 0 Å². The number of nitrogens with two attached hydrogens (primary N) is 1. The molecule has 0 aliphatic carbocycles. The molecule has 3 N–H and O–H groups in total. The maximum absolute atomic E-state index is 11.1. The van der Waals surface area contributed by atoms with E-state index in [2.05, 4.69) is 25.9 Å². The van der Waals surface area contributed by atoms with Crippen LogP contribution >= 0.6 is 15.9 Å². The summed E-state index contributed by atoms with van der Waals surface area (Å²) in [7, 11) is 0. The molecule has 0 atom stereocenters. The molecule has 0 bridgehead atoms. The molecule has 1 heterocycles. The minimum Gasteiger partial charge on any atom is -0.369 e. The first-order valence-electron chi connectivity index (χ1n) is 3.57. The van der Waals surface area contributed by atoms with Crippen molar-refractivity contribution in [1.29, 1.82) is 0 Å². The van der Waals surface area contributed by atoms with Crippen LogP contribution in [0.1, 0.15) is 25.5 Å². The third-order valence-electron chi connectivity index (χ3n) is 1.45. The van der Waals surface area contributed by atoms with Crippen LogP contribution in [0.25, 0.3) is 0 Å². The van der Waals surface area contributed by atoms with E-state index >= 15 is 0 Å². The number of nitrogen functional groups attached to an aromatic ring is 1. The molecule has 0 saturated carbocycles. The Morgan fingerprint density at radius 1 is 1.58 bits per heavy atom. The number of aromatic nitrogens is 2. The molecule has 66 valence electrons. The van der Waals surface area contributed by atoms with Crippen LogP contribution in [-0.4, -0.2) is 9.97 Å². The highest BCUT2D eigenvalue weighted by Crippen LogP contribution is 2.18. The van der Waals surface area contributed by atoms with Crippen LogP contribution in [0.4, 0.5) is 5.95 Å². The zero-order valence-electron chi connectivity index (χ0n) is 6.89. The van der Waals surface area contributed by atoms with Crippen LogP contribution in [0.15, 0.2) is 9.27 Å². The Morgan fingerprint density at radius 2 is 2.17 bits per heavy atom. The number of nitrogens with zero attached hydrogens (tertiary/aromatic N) is 1. The predicted octanol–water partition coefficient (Wildman–Crippen LogP) is 1.24. The first kappa shape index (κ1) is 9.25. The lowest BCUT2D eigenvalue weighted by Gasteiger charge is -2.06. The van der Waals surface area contributed by atoms with E-state index in [0.29, 0.717) is 10.2 Å². The number of aromatic amines is 1. The fraction of sp³-hybridized carbons (Fsp3) is 0.429. The van der Waals surface area contributed by atoms with Crippen LogP contribution in [0.2, 0.25) is 0 Å². The van der Waals surface area contributed by atoms with Crippen molar-refractivity contribution in [2.75, 3.05) is 5.73 Å². The molecule has 0 aliphatic heterocycles. The van der Waals surface area contributed by atoms with E-state index in [0.717, 1.165) is 0 Å². The highest BCUT2D eigenvalue weighted by Gasteiger charge is 2.10. The smallest absolute Gasteiger partial charge is 0.266 e. The Morgan fingerprint density at radius 3 is 2.67 bits per heavy atom. The van der Waals surface area contributed by atoms with Crippen LogP contribution < -0.4 is 11.3 Å². The quantitative estimate of drug-likeness (QED) is 0.765. The Kier molecular flexibility index (Phi) is 2.52. The molecule has 0 fully saturated rings. The van der Waals surface area contributed by atoms with Gasteiger partial charge in [0.05, 0.1) is 5.69 Å². The average molecular weight is 232 g/mol. The second-order valence-electron chi connectivity index (χ2n) is 2.81. The van der Waals surface area contributed by atoms with Gasteiger partial charge < -0.3 is 5.73 Å². The molecule has 1 aromatic rings. The first-order valence-corrected chi connectivity index (χ1v) is 4.37. The third-order valence-corrected chi connectivity index (χ3v) is 2.22. The maximum Gasteiger partial charge on any atom is 0.266 e. The van der Waals surface area contributed by atoms with Gasteiger partial charge in [-0.05, 0) is 21.8 Å². The van der Waals surface area contributed by atoms with E-state index in [1.165, 1.54) is 0 Å². The zero-order chi connectivity index (χ0) is 9.30. The van der Waals surface area contributed by atoms with Crippen molar-refractivity contribution >= 4 is 21.9 Å². The van der Waals surface area contributed by atoms with Crippen LogP contribution in [-0.2, 0) is 0 Å². The lowest BCUT2D eigenvalue weighted by molar-refractivity contribution is 0.805. The van der Waals surface area contributed by atoms with Crippen molar-refractivity contribution in [3.05, 3.63) is 20.5 Å². The second kappa shape index (κ2) is 3.26. The van der Waals surface area contributed by atoms with E-state index in [4.69, 9.17) is 5.73 Å². The molecule has 0 amide bonds. The maximum atomic E-state index is 11.1. The Balaban J connectivity index is 3.38. The summed E-state index contributed by atoms with van der Waals surface area (Å²) in [6.45, 7) is 3.90. The summed E-state index contributed by atoms with van der Waals surface area (Å²) in [6, 6.07) is 0. The highest BCUT2D eigenvalue weighted by atomic mass is 79.9. The summed E-state index contributed by atoms with van der Waals surface area (Å²) < 4.78 is 0.465. The van der Waals surface area contributed by atoms with Gasteiger partial charge >= 0.3 is 0 Å². The van der Waals surface area contributed by atoms with Crippen molar-refractivity contribution in [1.82, 2.24) is 9.97 Å². The monoisotopic (exact) mass is 231 g/mol. The lowest BCUT2D eigenvalue weighted by Crippen LogP contribution is -2.15. The number of H-pyrrole nitrogens is 1. The largest absolute Gasteiger partial charge is 0.369 e. The molecule has 4 nitrogen and oxygen atoms in total. The van der Waals surface area contributed by atoms with E-state index in [1.54, 1.807) is 0 Å². The SMILES string of the molecule is CC(C)c1nc(N)[nH]c(=O)c1Br. The Labute approximate surface area is 78.3 Å². The highest BCUT2D eigenvalue weighted by molar-refractivity contribution is 9.10. The first-order chi connectivity index (χ1) is 5.52. The van der Waals surface area contributed by atoms with E-state index < -0.39 is 0 Å². The van der Waals surface area contributed by atoms with Gasteiger partial charge in [0.1, 0.15) is 4.47 Å². The van der Waals surface area contributed by atoms with Crippen LogP contribution in [0.3, 0.4) is 0 Å². The summed E-state index contributed by atoms with van der Waals surface area (Å²) in [5, 5.41) is 0. The van der Waals surface area contributed by atoms with Crippen molar-refractivity contribution < 1.29 is 0 Å². The minimum atomic E-state index is -0.230. The molecular formula is C7H10BrN3O. The zero-order valence-corrected chi connectivity index (χ0v) is 8.47. The van der Waals surface area contributed by atoms with Crippen molar-refractivity contribution in [2.24, 2.45) is 0 Å². The molecule has 1 rings (SSSR count). The second-order valence-corrected chi connectivity index (χ2v) is 3.60. The van der Waals surface area contributed by atoms with Gasteiger partial charge in [-0.15, -0.1) is 0 Å². The molecule has 1 aromatic heterocycles. The summed E-state index contributed by atoms with van der Waals surface area (Å²) in [5.74, 6) is 0.343. The van der Waals surface area contributed by atoms with Gasteiger partial charge in [-0.1, -0.05) is 13.8 Å². The van der Waals surface area contributed by atoms with E-state index in [9.17, 15) is 4.79 Å². The summed E-state index contributed by atoms with van der Waals surface area (Å²) in [6.07, 6.45) is 0. The van der Waals surface area contributed by atoms with Gasteiger partial charge in [0, 0.05) is 0 Å². The minimum absolute atomic E-state index is 0.159. The van der Waals surface area contributed by atoms with Crippen molar-refractivity contribution in [3.63, 3.8) is 0 Å². The van der Waals surface area contributed by atoms with Gasteiger partial charge in [-0.25, -0.2) is 4.98 Å². The summed E-state index contributed by atoms with van der Waals surface area (Å²) >= 11 is 3.15. The molecule has 0 spiro atoms. The molecular weight excluding hydrogens is 222 g/mol. The number of hydrogen-bond donors (Lipinski definition) is 2. The average Bonchev–Trinajstić information content (AvgIpc) is 1.96. The van der Waals surface area contributed by atoms with E-state index in [1.807, 2.05) is 13.8 Å². The molecule has 0 aromatic carbocycles. The number of halogens is 1. The fourth-order valence-corrected chi connectivity index (χ4v) is 1.52. The molecule has 0 saturated heterocycles. The topological polar surface area (TPSA) is 71.8 Å².